The molecule has 26 heavy (non-hydrogen) atoms. The second-order valence-electron chi connectivity index (χ2n) is 7.40. The van der Waals surface area contributed by atoms with Crippen molar-refractivity contribution in [3.8, 4) is 17.3 Å². The molecule has 0 saturated heterocycles. The molecule has 4 heteroatoms. The summed E-state index contributed by atoms with van der Waals surface area (Å²) in [6.07, 6.45) is 1.78. The van der Waals surface area contributed by atoms with Crippen LogP contribution >= 0.6 is 0 Å². The van der Waals surface area contributed by atoms with Gasteiger partial charge in [-0.1, -0.05) is 24.3 Å². The third-order valence-electron chi connectivity index (χ3n) is 4.85. The monoisotopic (exact) mass is 341 g/mol. The van der Waals surface area contributed by atoms with E-state index >= 15 is 0 Å². The number of hydrogen-bond donors (Lipinski definition) is 0. The molecule has 0 bridgehead atoms. The Morgan fingerprint density at radius 1 is 1.19 bits per heavy atom. The molecule has 4 rings (SSSR count). The fourth-order valence-electron chi connectivity index (χ4n) is 3.52. The molecule has 3 aromatic rings. The van der Waals surface area contributed by atoms with E-state index in [0.29, 0.717) is 13.1 Å². The number of nitriles is 1. The van der Waals surface area contributed by atoms with Crippen molar-refractivity contribution in [2.75, 3.05) is 6.54 Å². The average molecular weight is 341 g/mol. The number of rotatable bonds is 3. The fraction of sp³-hybridized carbons (Fsp3) is 0.227. The summed E-state index contributed by atoms with van der Waals surface area (Å²) in [7, 11) is 0. The number of aromatic nitrogens is 1. The highest BCUT2D eigenvalue weighted by molar-refractivity contribution is 6.05. The number of nitrogens with zero attached hydrogens (tertiary/aromatic N) is 3. The molecule has 1 aliphatic rings. The number of benzene rings is 2. The zero-order valence-corrected chi connectivity index (χ0v) is 14.9. The standard InChI is InChI=1S/C22H19N3O/c1-22(2,13-23)14-25-12-19-17(21(25)26)9-8-15-6-7-16(11-18(15)19)20-5-3-4-10-24-20/h3-11H,12,14H2,1-2H3. The summed E-state index contributed by atoms with van der Waals surface area (Å²) in [5, 5.41) is 11.5. The zero-order valence-electron chi connectivity index (χ0n) is 14.9. The number of carbonyl (C=O) groups excluding carboxylic acids is 1. The van der Waals surface area contributed by atoms with Crippen molar-refractivity contribution in [3.63, 3.8) is 0 Å². The summed E-state index contributed by atoms with van der Waals surface area (Å²) in [6, 6.07) is 18.3. The van der Waals surface area contributed by atoms with Gasteiger partial charge >= 0.3 is 0 Å². The van der Waals surface area contributed by atoms with E-state index in [1.54, 1.807) is 11.1 Å². The quantitative estimate of drug-likeness (QED) is 0.709. The fourth-order valence-corrected chi connectivity index (χ4v) is 3.52. The topological polar surface area (TPSA) is 57.0 Å². The van der Waals surface area contributed by atoms with Gasteiger partial charge in [-0.05, 0) is 54.4 Å². The molecule has 1 amide bonds. The average Bonchev–Trinajstić information content (AvgIpc) is 2.97. The first kappa shape index (κ1) is 16.3. The van der Waals surface area contributed by atoms with Crippen molar-refractivity contribution in [3.05, 3.63) is 65.9 Å². The second kappa shape index (κ2) is 5.96. The van der Waals surface area contributed by atoms with E-state index in [1.807, 2.05) is 44.2 Å². The predicted octanol–water partition coefficient (Wildman–Crippen LogP) is 4.41. The molecular formula is C22H19N3O. The van der Waals surface area contributed by atoms with Gasteiger partial charge in [0.05, 0.1) is 17.2 Å². The number of pyridine rings is 1. The van der Waals surface area contributed by atoms with Gasteiger partial charge < -0.3 is 4.90 Å². The Labute approximate surface area is 152 Å². The Morgan fingerprint density at radius 2 is 2.00 bits per heavy atom. The summed E-state index contributed by atoms with van der Waals surface area (Å²) in [5.41, 5.74) is 3.17. The summed E-state index contributed by atoms with van der Waals surface area (Å²) < 4.78 is 0. The summed E-state index contributed by atoms with van der Waals surface area (Å²) in [5.74, 6) is 0.00784. The van der Waals surface area contributed by atoms with Gasteiger partial charge in [-0.15, -0.1) is 0 Å². The van der Waals surface area contributed by atoms with E-state index in [4.69, 9.17) is 0 Å². The van der Waals surface area contributed by atoms with Crippen molar-refractivity contribution in [2.45, 2.75) is 20.4 Å². The van der Waals surface area contributed by atoms with Crippen LogP contribution in [0.3, 0.4) is 0 Å². The van der Waals surface area contributed by atoms with Crippen LogP contribution in [0, 0.1) is 16.7 Å². The summed E-state index contributed by atoms with van der Waals surface area (Å²) >= 11 is 0. The van der Waals surface area contributed by atoms with Gasteiger partial charge in [0.25, 0.3) is 5.91 Å². The van der Waals surface area contributed by atoms with E-state index in [-0.39, 0.29) is 5.91 Å². The molecule has 0 saturated carbocycles. The van der Waals surface area contributed by atoms with Crippen LogP contribution in [0.5, 0.6) is 0 Å². The van der Waals surface area contributed by atoms with Crippen LogP contribution in [0.15, 0.2) is 54.7 Å². The minimum atomic E-state index is -0.563. The second-order valence-corrected chi connectivity index (χ2v) is 7.40. The van der Waals surface area contributed by atoms with Crippen LogP contribution in [-0.2, 0) is 6.54 Å². The van der Waals surface area contributed by atoms with E-state index in [2.05, 4.69) is 29.3 Å². The Balaban J connectivity index is 1.79. The molecule has 1 aliphatic heterocycles. The molecule has 0 N–H and O–H groups in total. The SMILES string of the molecule is CC(C)(C#N)CN1Cc2c(ccc3ccc(-c4ccccn4)cc23)C1=O. The van der Waals surface area contributed by atoms with Crippen molar-refractivity contribution in [1.29, 1.82) is 5.26 Å². The molecule has 1 aromatic heterocycles. The number of hydrogen-bond acceptors (Lipinski definition) is 3. The highest BCUT2D eigenvalue weighted by Crippen LogP contribution is 2.34. The van der Waals surface area contributed by atoms with Gasteiger partial charge in [0.2, 0.25) is 0 Å². The lowest BCUT2D eigenvalue weighted by atomic mass is 9.95. The molecule has 128 valence electrons. The number of amides is 1. The maximum Gasteiger partial charge on any atom is 0.254 e. The highest BCUT2D eigenvalue weighted by Gasteiger charge is 2.32. The van der Waals surface area contributed by atoms with Crippen molar-refractivity contribution in [1.82, 2.24) is 9.88 Å². The van der Waals surface area contributed by atoms with Crippen molar-refractivity contribution < 1.29 is 4.79 Å². The molecule has 0 radical (unpaired) electrons. The van der Waals surface area contributed by atoms with Gasteiger partial charge in [-0.25, -0.2) is 0 Å². The van der Waals surface area contributed by atoms with Gasteiger partial charge in [0, 0.05) is 30.4 Å². The molecule has 4 nitrogen and oxygen atoms in total. The summed E-state index contributed by atoms with van der Waals surface area (Å²) in [6.45, 7) is 4.70. The van der Waals surface area contributed by atoms with Gasteiger partial charge in [-0.3, -0.25) is 9.78 Å². The third-order valence-corrected chi connectivity index (χ3v) is 4.85. The number of carbonyl (C=O) groups is 1. The Kier molecular flexibility index (Phi) is 3.73. The lowest BCUT2D eigenvalue weighted by Gasteiger charge is -2.23. The first-order valence-electron chi connectivity index (χ1n) is 8.66. The minimum Gasteiger partial charge on any atom is -0.333 e. The van der Waals surface area contributed by atoms with Crippen molar-refractivity contribution in [2.24, 2.45) is 5.41 Å². The van der Waals surface area contributed by atoms with E-state index in [1.165, 1.54) is 0 Å². The minimum absolute atomic E-state index is 0.00784. The molecule has 0 spiro atoms. The van der Waals surface area contributed by atoms with E-state index in [0.717, 1.165) is 33.2 Å². The van der Waals surface area contributed by atoms with E-state index < -0.39 is 5.41 Å². The molecule has 0 fully saturated rings. The molecule has 2 aromatic carbocycles. The molecule has 0 aliphatic carbocycles. The highest BCUT2D eigenvalue weighted by atomic mass is 16.2. The van der Waals surface area contributed by atoms with E-state index in [9.17, 15) is 10.1 Å². The molecule has 2 heterocycles. The Bertz CT molecular complexity index is 1050. The first-order chi connectivity index (χ1) is 12.5. The third kappa shape index (κ3) is 2.72. The summed E-state index contributed by atoms with van der Waals surface area (Å²) in [4.78, 5) is 19.0. The van der Waals surface area contributed by atoms with Crippen molar-refractivity contribution >= 4 is 16.7 Å². The van der Waals surface area contributed by atoms with Crippen LogP contribution in [0.1, 0.15) is 29.8 Å². The predicted molar refractivity (Wildman–Crippen MR) is 101 cm³/mol. The normalized spacial score (nSPS) is 13.7. The zero-order chi connectivity index (χ0) is 18.3. The Morgan fingerprint density at radius 3 is 2.73 bits per heavy atom. The molecular weight excluding hydrogens is 322 g/mol. The van der Waals surface area contributed by atoms with Gasteiger partial charge in [0.15, 0.2) is 0 Å². The lowest BCUT2D eigenvalue weighted by Crippen LogP contribution is -2.33. The largest absolute Gasteiger partial charge is 0.333 e. The first-order valence-corrected chi connectivity index (χ1v) is 8.66. The Hall–Kier alpha value is -3.19. The maximum atomic E-state index is 12.8. The molecule has 0 atom stereocenters. The maximum absolute atomic E-state index is 12.8. The van der Waals surface area contributed by atoms with Gasteiger partial charge in [-0.2, -0.15) is 5.26 Å². The van der Waals surface area contributed by atoms with Crippen LogP contribution in [-0.4, -0.2) is 22.3 Å². The molecule has 0 unspecified atom stereocenters. The van der Waals surface area contributed by atoms with Crippen LogP contribution in [0.4, 0.5) is 0 Å². The van der Waals surface area contributed by atoms with Crippen LogP contribution < -0.4 is 0 Å². The van der Waals surface area contributed by atoms with Crippen LogP contribution in [0.25, 0.3) is 22.0 Å². The smallest absolute Gasteiger partial charge is 0.254 e. The lowest BCUT2D eigenvalue weighted by molar-refractivity contribution is 0.0738. The number of fused-ring (bicyclic) bond motifs is 3. The van der Waals surface area contributed by atoms with Gasteiger partial charge in [0.1, 0.15) is 0 Å². The van der Waals surface area contributed by atoms with Crippen LogP contribution in [0.2, 0.25) is 0 Å².